The van der Waals surface area contributed by atoms with E-state index >= 15 is 0 Å². The summed E-state index contributed by atoms with van der Waals surface area (Å²) >= 11 is 0. The van der Waals surface area contributed by atoms with E-state index in [0.717, 1.165) is 11.3 Å². The van der Waals surface area contributed by atoms with E-state index in [1.54, 1.807) is 30.2 Å². The molecule has 0 saturated carbocycles. The summed E-state index contributed by atoms with van der Waals surface area (Å²) in [5, 5.41) is 9.35. The van der Waals surface area contributed by atoms with Gasteiger partial charge in [0.1, 0.15) is 5.75 Å². The zero-order chi connectivity index (χ0) is 18.7. The molecular weight excluding hydrogens is 332 g/mol. The van der Waals surface area contributed by atoms with E-state index in [-0.39, 0.29) is 17.5 Å². The van der Waals surface area contributed by atoms with Crippen LogP contribution in [0.2, 0.25) is 0 Å². The third-order valence-electron chi connectivity index (χ3n) is 4.77. The first-order valence-corrected chi connectivity index (χ1v) is 8.52. The van der Waals surface area contributed by atoms with E-state index in [9.17, 15) is 14.7 Å². The van der Waals surface area contributed by atoms with Gasteiger partial charge >= 0.3 is 5.97 Å². The van der Waals surface area contributed by atoms with E-state index in [4.69, 9.17) is 4.74 Å². The monoisotopic (exact) mass is 354 g/mol. The molecule has 1 amide bonds. The molecule has 1 N–H and O–H groups in total. The first-order valence-electron chi connectivity index (χ1n) is 8.52. The standard InChI is InChI=1S/C20H22N2O4/c1-14-19(23)22(16-7-5-8-17(12-16)26-2)11-10-21(14)13-15-6-3-4-9-18(15)20(24)25/h3-9,12,14H,10-11,13H2,1-2H3,(H,24,25)/t14-/m0/s1. The molecule has 0 unspecified atom stereocenters. The van der Waals surface area contributed by atoms with Crippen molar-refractivity contribution in [3.8, 4) is 5.75 Å². The van der Waals surface area contributed by atoms with E-state index in [1.165, 1.54) is 0 Å². The lowest BCUT2D eigenvalue weighted by Gasteiger charge is -2.39. The molecule has 1 aliphatic rings. The molecule has 1 heterocycles. The molecule has 6 heteroatoms. The van der Waals surface area contributed by atoms with Crippen LogP contribution in [0.15, 0.2) is 48.5 Å². The third kappa shape index (κ3) is 3.55. The Bertz CT molecular complexity index is 821. The molecule has 26 heavy (non-hydrogen) atoms. The minimum Gasteiger partial charge on any atom is -0.497 e. The molecule has 2 aromatic carbocycles. The second-order valence-electron chi connectivity index (χ2n) is 6.30. The SMILES string of the molecule is COc1cccc(N2CCN(Cc3ccccc3C(=O)O)[C@@H](C)C2=O)c1. The van der Waals surface area contributed by atoms with Gasteiger partial charge in [0, 0.05) is 31.4 Å². The highest BCUT2D eigenvalue weighted by molar-refractivity contribution is 5.98. The Balaban J connectivity index is 1.77. The molecule has 2 aromatic rings. The van der Waals surface area contributed by atoms with Crippen LogP contribution in [0.4, 0.5) is 5.69 Å². The van der Waals surface area contributed by atoms with E-state index < -0.39 is 5.97 Å². The van der Waals surface area contributed by atoms with E-state index in [0.29, 0.717) is 25.4 Å². The normalized spacial score (nSPS) is 18.0. The number of ether oxygens (including phenoxy) is 1. The topological polar surface area (TPSA) is 70.1 Å². The van der Waals surface area contributed by atoms with Crippen LogP contribution in [0.25, 0.3) is 0 Å². The lowest BCUT2D eigenvalue weighted by molar-refractivity contribution is -0.125. The highest BCUT2D eigenvalue weighted by Gasteiger charge is 2.32. The Hall–Kier alpha value is -2.86. The fraction of sp³-hybridized carbons (Fsp3) is 0.300. The number of amides is 1. The largest absolute Gasteiger partial charge is 0.497 e. The van der Waals surface area contributed by atoms with Crippen molar-refractivity contribution in [2.45, 2.75) is 19.5 Å². The lowest BCUT2D eigenvalue weighted by Crippen LogP contribution is -2.55. The molecule has 136 valence electrons. The number of piperazine rings is 1. The van der Waals surface area contributed by atoms with Crippen LogP contribution in [0.1, 0.15) is 22.8 Å². The number of nitrogens with zero attached hydrogens (tertiary/aromatic N) is 2. The number of benzene rings is 2. The van der Waals surface area contributed by atoms with Gasteiger partial charge in [0.15, 0.2) is 0 Å². The van der Waals surface area contributed by atoms with Crippen LogP contribution in [0, 0.1) is 0 Å². The number of hydrogen-bond donors (Lipinski definition) is 1. The van der Waals surface area contributed by atoms with Gasteiger partial charge in [0.25, 0.3) is 0 Å². The number of hydrogen-bond acceptors (Lipinski definition) is 4. The van der Waals surface area contributed by atoms with Crippen molar-refractivity contribution in [1.82, 2.24) is 4.90 Å². The fourth-order valence-corrected chi connectivity index (χ4v) is 3.25. The summed E-state index contributed by atoms with van der Waals surface area (Å²) in [6, 6.07) is 14.0. The molecule has 1 aliphatic heterocycles. The van der Waals surface area contributed by atoms with Gasteiger partial charge in [-0.1, -0.05) is 24.3 Å². The van der Waals surface area contributed by atoms with Crippen LogP contribution in [0.5, 0.6) is 5.75 Å². The van der Waals surface area contributed by atoms with Gasteiger partial charge in [-0.2, -0.15) is 0 Å². The average molecular weight is 354 g/mol. The van der Waals surface area contributed by atoms with Gasteiger partial charge in [-0.15, -0.1) is 0 Å². The maximum atomic E-state index is 12.9. The minimum atomic E-state index is -0.949. The summed E-state index contributed by atoms with van der Waals surface area (Å²) in [7, 11) is 1.60. The number of carboxylic acids is 1. The molecule has 0 radical (unpaired) electrons. The Morgan fingerprint density at radius 2 is 1.96 bits per heavy atom. The summed E-state index contributed by atoms with van der Waals surface area (Å²) in [5.41, 5.74) is 1.81. The molecule has 0 spiro atoms. The number of anilines is 1. The maximum absolute atomic E-state index is 12.9. The predicted octanol–water partition coefficient (Wildman–Crippen LogP) is 2.63. The van der Waals surface area contributed by atoms with Crippen molar-refractivity contribution >= 4 is 17.6 Å². The minimum absolute atomic E-state index is 0.00249. The van der Waals surface area contributed by atoms with Crippen molar-refractivity contribution < 1.29 is 19.4 Å². The van der Waals surface area contributed by atoms with Crippen molar-refractivity contribution in [1.29, 1.82) is 0 Å². The zero-order valence-corrected chi connectivity index (χ0v) is 14.9. The van der Waals surface area contributed by atoms with Crippen molar-refractivity contribution in [3.05, 3.63) is 59.7 Å². The summed E-state index contributed by atoms with van der Waals surface area (Å²) in [4.78, 5) is 28.0. The second kappa shape index (κ2) is 7.58. The summed E-state index contributed by atoms with van der Waals surface area (Å²) in [6.07, 6.45) is 0. The number of rotatable bonds is 5. The summed E-state index contributed by atoms with van der Waals surface area (Å²) in [5.74, 6) is -0.243. The lowest BCUT2D eigenvalue weighted by atomic mass is 10.0. The number of carboxylic acid groups (broad SMARTS) is 1. The number of methoxy groups -OCH3 is 1. The van der Waals surface area contributed by atoms with Crippen molar-refractivity contribution in [2.24, 2.45) is 0 Å². The Labute approximate surface area is 152 Å². The maximum Gasteiger partial charge on any atom is 0.336 e. The predicted molar refractivity (Wildman–Crippen MR) is 98.6 cm³/mol. The molecule has 1 atom stereocenters. The Kier molecular flexibility index (Phi) is 5.23. The first-order chi connectivity index (χ1) is 12.5. The van der Waals surface area contributed by atoms with Crippen LogP contribution in [-0.2, 0) is 11.3 Å². The van der Waals surface area contributed by atoms with Gasteiger partial charge in [-0.05, 0) is 30.7 Å². The van der Waals surface area contributed by atoms with E-state index in [1.807, 2.05) is 42.2 Å². The number of carbonyl (C=O) groups excluding carboxylic acids is 1. The third-order valence-corrected chi connectivity index (χ3v) is 4.77. The molecule has 1 fully saturated rings. The van der Waals surface area contributed by atoms with Crippen LogP contribution < -0.4 is 9.64 Å². The molecule has 0 bridgehead atoms. The molecule has 1 saturated heterocycles. The smallest absolute Gasteiger partial charge is 0.336 e. The Morgan fingerprint density at radius 3 is 2.69 bits per heavy atom. The van der Waals surface area contributed by atoms with Gasteiger partial charge in [-0.25, -0.2) is 4.79 Å². The molecule has 6 nitrogen and oxygen atoms in total. The highest BCUT2D eigenvalue weighted by atomic mass is 16.5. The zero-order valence-electron chi connectivity index (χ0n) is 14.9. The molecular formula is C20H22N2O4. The van der Waals surface area contributed by atoms with Crippen LogP contribution in [0.3, 0.4) is 0 Å². The first kappa shape index (κ1) is 17.9. The van der Waals surface area contributed by atoms with Crippen molar-refractivity contribution in [3.63, 3.8) is 0 Å². The quantitative estimate of drug-likeness (QED) is 0.894. The number of carbonyl (C=O) groups is 2. The molecule has 3 rings (SSSR count). The van der Waals surface area contributed by atoms with Crippen molar-refractivity contribution in [2.75, 3.05) is 25.1 Å². The molecule has 0 aliphatic carbocycles. The van der Waals surface area contributed by atoms with Gasteiger partial charge < -0.3 is 14.7 Å². The number of aromatic carboxylic acids is 1. The fourth-order valence-electron chi connectivity index (χ4n) is 3.25. The van der Waals surface area contributed by atoms with Crippen LogP contribution in [-0.4, -0.2) is 48.1 Å². The molecule has 0 aromatic heterocycles. The Morgan fingerprint density at radius 1 is 1.19 bits per heavy atom. The van der Waals surface area contributed by atoms with Gasteiger partial charge in [-0.3, -0.25) is 9.69 Å². The second-order valence-corrected chi connectivity index (χ2v) is 6.30. The summed E-state index contributed by atoms with van der Waals surface area (Å²) < 4.78 is 5.24. The van der Waals surface area contributed by atoms with E-state index in [2.05, 4.69) is 0 Å². The van der Waals surface area contributed by atoms with Gasteiger partial charge in [0.05, 0.1) is 18.7 Å². The van der Waals surface area contributed by atoms with Crippen LogP contribution >= 0.6 is 0 Å². The highest BCUT2D eigenvalue weighted by Crippen LogP contribution is 2.25. The summed E-state index contributed by atoms with van der Waals surface area (Å²) in [6.45, 7) is 3.50. The van der Waals surface area contributed by atoms with Gasteiger partial charge in [0.2, 0.25) is 5.91 Å². The average Bonchev–Trinajstić information content (AvgIpc) is 2.66.